The molecule has 0 unspecified atom stereocenters. The van der Waals surface area contributed by atoms with Gasteiger partial charge in [0.25, 0.3) is 0 Å². The number of nitrogens with zero attached hydrogens (tertiary/aromatic N) is 4. The average Bonchev–Trinajstić information content (AvgIpc) is 2.88. The van der Waals surface area contributed by atoms with Gasteiger partial charge in [0, 0.05) is 18.8 Å². The Kier molecular flexibility index (Phi) is 6.69. The molecule has 8 heteroatoms. The topological polar surface area (TPSA) is 126 Å². The van der Waals surface area contributed by atoms with Gasteiger partial charge in [-0.3, -0.25) is 0 Å². The van der Waals surface area contributed by atoms with Crippen LogP contribution in [0.5, 0.6) is 0 Å². The van der Waals surface area contributed by atoms with Gasteiger partial charge in [-0.05, 0) is 18.9 Å². The lowest BCUT2D eigenvalue weighted by molar-refractivity contribution is 0.287. The van der Waals surface area contributed by atoms with Crippen LogP contribution in [0, 0.1) is 6.92 Å². The number of aliphatic hydroxyl groups is 1. The molecule has 0 aliphatic carbocycles. The Labute approximate surface area is 132 Å². The third-order valence-corrected chi connectivity index (χ3v) is 4.11. The van der Waals surface area contributed by atoms with Crippen LogP contribution in [0.2, 0.25) is 0 Å². The van der Waals surface area contributed by atoms with E-state index in [1.165, 1.54) is 5.56 Å². The van der Waals surface area contributed by atoms with E-state index in [4.69, 9.17) is 5.11 Å². The van der Waals surface area contributed by atoms with E-state index in [0.29, 0.717) is 12.8 Å². The fourth-order valence-electron chi connectivity index (χ4n) is 2.05. The summed E-state index contributed by atoms with van der Waals surface area (Å²) in [6.07, 6.45) is 1.37. The Hall–Kier alpha value is -1.74. The van der Waals surface area contributed by atoms with Gasteiger partial charge in [-0.15, -0.1) is 10.2 Å². The quantitative estimate of drug-likeness (QED) is 0.863. The highest BCUT2D eigenvalue weighted by Gasteiger charge is 2.19. The number of rotatable bonds is 4. The maximum atomic E-state index is 8.93. The zero-order valence-corrected chi connectivity index (χ0v) is 13.1. The van der Waals surface area contributed by atoms with Crippen molar-refractivity contribution < 1.29 is 16.1 Å². The van der Waals surface area contributed by atoms with E-state index in [1.807, 2.05) is 0 Å². The molecule has 0 fully saturated rings. The van der Waals surface area contributed by atoms with Gasteiger partial charge >= 0.3 is 0 Å². The molecule has 0 atom stereocenters. The highest BCUT2D eigenvalue weighted by molar-refractivity contribution is 7.99. The predicted molar refractivity (Wildman–Crippen MR) is 86.5 cm³/mol. The van der Waals surface area contributed by atoms with E-state index in [-0.39, 0.29) is 17.6 Å². The van der Waals surface area contributed by atoms with Crippen molar-refractivity contribution in [3.63, 3.8) is 0 Å². The van der Waals surface area contributed by atoms with Crippen molar-refractivity contribution in [3.05, 3.63) is 41.2 Å². The SMILES string of the molecule is Cc1ccc(C2=Nn3c(CCCO)nnc3SC2)cc1.O.O. The van der Waals surface area contributed by atoms with Crippen LogP contribution in [0.4, 0.5) is 0 Å². The van der Waals surface area contributed by atoms with Crippen molar-refractivity contribution >= 4 is 17.5 Å². The van der Waals surface area contributed by atoms with E-state index in [1.54, 1.807) is 16.4 Å². The molecule has 5 N–H and O–H groups in total. The van der Waals surface area contributed by atoms with Gasteiger partial charge in [-0.2, -0.15) is 9.78 Å². The Balaban J connectivity index is 0.00000121. The minimum Gasteiger partial charge on any atom is -0.412 e. The molecule has 120 valence electrons. The lowest BCUT2D eigenvalue weighted by Gasteiger charge is -2.13. The molecule has 0 saturated heterocycles. The molecule has 0 bridgehead atoms. The van der Waals surface area contributed by atoms with Crippen LogP contribution >= 0.6 is 11.8 Å². The number of thioether (sulfide) groups is 1. The van der Waals surface area contributed by atoms with Gasteiger partial charge < -0.3 is 16.1 Å². The van der Waals surface area contributed by atoms with Crippen LogP contribution in [-0.2, 0) is 6.42 Å². The lowest BCUT2D eigenvalue weighted by atomic mass is 10.1. The first-order valence-corrected chi connectivity index (χ1v) is 7.59. The summed E-state index contributed by atoms with van der Waals surface area (Å²) in [5.74, 6) is 1.62. The van der Waals surface area contributed by atoms with Crippen molar-refractivity contribution in [2.45, 2.75) is 24.9 Å². The molecule has 0 saturated carbocycles. The summed E-state index contributed by atoms with van der Waals surface area (Å²) in [6.45, 7) is 2.23. The third-order valence-electron chi connectivity index (χ3n) is 3.18. The van der Waals surface area contributed by atoms with Crippen LogP contribution in [0.3, 0.4) is 0 Å². The zero-order valence-electron chi connectivity index (χ0n) is 12.3. The van der Waals surface area contributed by atoms with Crippen LogP contribution in [0.1, 0.15) is 23.4 Å². The van der Waals surface area contributed by atoms with Crippen molar-refractivity contribution in [1.82, 2.24) is 14.9 Å². The van der Waals surface area contributed by atoms with E-state index < -0.39 is 0 Å². The van der Waals surface area contributed by atoms with Gasteiger partial charge in [-0.25, -0.2) is 0 Å². The van der Waals surface area contributed by atoms with Crippen molar-refractivity contribution in [2.75, 3.05) is 12.4 Å². The summed E-state index contributed by atoms with van der Waals surface area (Å²) in [5, 5.41) is 22.7. The summed E-state index contributed by atoms with van der Waals surface area (Å²) >= 11 is 1.65. The van der Waals surface area contributed by atoms with Crippen molar-refractivity contribution in [3.8, 4) is 0 Å². The minimum absolute atomic E-state index is 0. The number of fused-ring (bicyclic) bond motifs is 1. The second-order valence-corrected chi connectivity index (χ2v) is 5.68. The Morgan fingerprint density at radius 1 is 1.18 bits per heavy atom. The second kappa shape index (κ2) is 8.04. The first kappa shape index (κ1) is 18.3. The van der Waals surface area contributed by atoms with Gasteiger partial charge in [0.15, 0.2) is 5.82 Å². The number of hydrogen-bond donors (Lipinski definition) is 1. The molecular weight excluding hydrogens is 304 g/mol. The molecule has 7 nitrogen and oxygen atoms in total. The summed E-state index contributed by atoms with van der Waals surface area (Å²) in [4.78, 5) is 0. The van der Waals surface area contributed by atoms with Crippen molar-refractivity contribution in [1.29, 1.82) is 0 Å². The fraction of sp³-hybridized carbons (Fsp3) is 0.357. The molecule has 0 radical (unpaired) electrons. The largest absolute Gasteiger partial charge is 0.412 e. The number of benzene rings is 1. The minimum atomic E-state index is 0. The van der Waals surface area contributed by atoms with Gasteiger partial charge in [-0.1, -0.05) is 41.6 Å². The molecule has 0 amide bonds. The van der Waals surface area contributed by atoms with Crippen LogP contribution in [-0.4, -0.2) is 49.0 Å². The number of aryl methyl sites for hydroxylation is 2. The molecule has 1 aromatic heterocycles. The summed E-state index contributed by atoms with van der Waals surface area (Å²) in [6, 6.07) is 8.38. The molecule has 0 spiro atoms. The molecular formula is C14H20N4O3S. The Morgan fingerprint density at radius 3 is 2.59 bits per heavy atom. The molecule has 1 aromatic carbocycles. The monoisotopic (exact) mass is 324 g/mol. The van der Waals surface area contributed by atoms with Crippen LogP contribution in [0.25, 0.3) is 0 Å². The van der Waals surface area contributed by atoms with E-state index in [0.717, 1.165) is 28.0 Å². The highest BCUT2D eigenvalue weighted by atomic mass is 32.2. The van der Waals surface area contributed by atoms with Gasteiger partial charge in [0.2, 0.25) is 5.16 Å². The lowest BCUT2D eigenvalue weighted by Crippen LogP contribution is -2.14. The first-order chi connectivity index (χ1) is 9.78. The molecule has 1 aliphatic heterocycles. The van der Waals surface area contributed by atoms with Crippen molar-refractivity contribution in [2.24, 2.45) is 5.10 Å². The summed E-state index contributed by atoms with van der Waals surface area (Å²) < 4.78 is 1.80. The van der Waals surface area contributed by atoms with Gasteiger partial charge in [0.1, 0.15) is 0 Å². The highest BCUT2D eigenvalue weighted by Crippen LogP contribution is 2.24. The van der Waals surface area contributed by atoms with Crippen LogP contribution < -0.4 is 0 Å². The molecule has 1 aliphatic rings. The third kappa shape index (κ3) is 3.72. The molecule has 2 aromatic rings. The average molecular weight is 324 g/mol. The summed E-state index contributed by atoms with van der Waals surface area (Å²) in [7, 11) is 0. The number of aromatic nitrogens is 3. The first-order valence-electron chi connectivity index (χ1n) is 6.61. The zero-order chi connectivity index (χ0) is 13.9. The molecule has 22 heavy (non-hydrogen) atoms. The standard InChI is InChI=1S/C14H16N4OS.2H2O/c1-10-4-6-11(7-5-10)12-9-20-14-16-15-13(3-2-8-19)18(14)17-12;;/h4-7,19H,2-3,8-9H2,1H3;2*1H2. The number of hydrogen-bond acceptors (Lipinski definition) is 5. The smallest absolute Gasteiger partial charge is 0.212 e. The second-order valence-electron chi connectivity index (χ2n) is 4.74. The Morgan fingerprint density at radius 2 is 1.91 bits per heavy atom. The molecule has 3 rings (SSSR count). The maximum absolute atomic E-state index is 8.93. The maximum Gasteiger partial charge on any atom is 0.212 e. The number of aliphatic hydroxyl groups excluding tert-OH is 1. The Bertz CT molecular complexity index is 640. The molecule has 2 heterocycles. The fourth-order valence-corrected chi connectivity index (χ4v) is 2.91. The predicted octanol–water partition coefficient (Wildman–Crippen LogP) is 0.220. The van der Waals surface area contributed by atoms with E-state index in [2.05, 4.69) is 46.5 Å². The van der Waals surface area contributed by atoms with E-state index >= 15 is 0 Å². The normalized spacial score (nSPS) is 12.7. The van der Waals surface area contributed by atoms with Crippen LogP contribution in [0.15, 0.2) is 34.5 Å². The van der Waals surface area contributed by atoms with Gasteiger partial charge in [0.05, 0.1) is 5.71 Å². The van der Waals surface area contributed by atoms with E-state index in [9.17, 15) is 0 Å². The summed E-state index contributed by atoms with van der Waals surface area (Å²) in [5.41, 5.74) is 3.41.